The van der Waals surface area contributed by atoms with Crippen molar-refractivity contribution >= 4 is 9.84 Å². The molecule has 0 bridgehead atoms. The zero-order valence-corrected chi connectivity index (χ0v) is 12.7. The van der Waals surface area contributed by atoms with Gasteiger partial charge in [0.15, 0.2) is 9.84 Å². The Labute approximate surface area is 125 Å². The molecule has 1 aromatic rings. The topological polar surface area (TPSA) is 63.6 Å². The van der Waals surface area contributed by atoms with E-state index in [0.717, 1.165) is 24.8 Å². The number of sulfone groups is 1. The summed E-state index contributed by atoms with van der Waals surface area (Å²) in [6.07, 6.45) is 3.02. The van der Waals surface area contributed by atoms with Gasteiger partial charge in [-0.05, 0) is 36.8 Å². The maximum Gasteiger partial charge on any atom is 0.179 e. The molecule has 114 valence electrons. The first kappa shape index (κ1) is 13.7. The molecule has 3 atom stereocenters. The molecule has 0 amide bonds. The Morgan fingerprint density at radius 1 is 1.29 bits per heavy atom. The minimum absolute atomic E-state index is 0.00267. The lowest BCUT2D eigenvalue weighted by Crippen LogP contribution is -2.42. The number of benzene rings is 1. The van der Waals surface area contributed by atoms with Crippen molar-refractivity contribution in [2.45, 2.75) is 36.2 Å². The summed E-state index contributed by atoms with van der Waals surface area (Å²) in [6, 6.07) is 7.26. The Bertz CT molecular complexity index is 665. The maximum absolute atomic E-state index is 12.4. The smallest absolute Gasteiger partial charge is 0.179 e. The van der Waals surface area contributed by atoms with Gasteiger partial charge in [0.05, 0.1) is 23.4 Å². The van der Waals surface area contributed by atoms with E-state index < -0.39 is 15.3 Å². The van der Waals surface area contributed by atoms with E-state index in [1.807, 2.05) is 12.1 Å². The highest BCUT2D eigenvalue weighted by atomic mass is 32.2. The Kier molecular flexibility index (Phi) is 2.97. The summed E-state index contributed by atoms with van der Waals surface area (Å²) >= 11 is 0. The predicted molar refractivity (Wildman–Crippen MR) is 77.8 cm³/mol. The predicted octanol–water partition coefficient (Wildman–Crippen LogP) is 1.74. The van der Waals surface area contributed by atoms with E-state index >= 15 is 0 Å². The van der Waals surface area contributed by atoms with Crippen LogP contribution in [0.25, 0.3) is 0 Å². The summed E-state index contributed by atoms with van der Waals surface area (Å²) in [5.41, 5.74) is 0.448. The molecule has 21 heavy (non-hydrogen) atoms. The van der Waals surface area contributed by atoms with Crippen LogP contribution in [-0.2, 0) is 14.6 Å². The van der Waals surface area contributed by atoms with Gasteiger partial charge in [0.25, 0.3) is 0 Å². The Hall–Kier alpha value is -0.910. The van der Waals surface area contributed by atoms with Crippen molar-refractivity contribution in [3.05, 3.63) is 29.8 Å². The fourth-order valence-electron chi connectivity index (χ4n) is 4.27. The van der Waals surface area contributed by atoms with Crippen LogP contribution >= 0.6 is 0 Å². The number of aliphatic hydroxyl groups excluding tert-OH is 1. The molecule has 1 aromatic carbocycles. The van der Waals surface area contributed by atoms with E-state index in [4.69, 9.17) is 4.74 Å². The summed E-state index contributed by atoms with van der Waals surface area (Å²) in [6.45, 7) is 0.628. The van der Waals surface area contributed by atoms with Crippen LogP contribution in [0.4, 0.5) is 0 Å². The monoisotopic (exact) mass is 308 g/mol. The van der Waals surface area contributed by atoms with Gasteiger partial charge in [0.2, 0.25) is 0 Å². The summed E-state index contributed by atoms with van der Waals surface area (Å²) in [5, 5.41) is 10.1. The molecule has 2 fully saturated rings. The highest BCUT2D eigenvalue weighted by molar-refractivity contribution is 7.91. The summed E-state index contributed by atoms with van der Waals surface area (Å²) in [4.78, 5) is 0.448. The fourth-order valence-corrected chi connectivity index (χ4v) is 6.25. The molecule has 3 aliphatic rings. The second-order valence-electron chi connectivity index (χ2n) is 6.64. The molecule has 1 saturated heterocycles. The number of aliphatic hydroxyl groups is 1. The van der Waals surface area contributed by atoms with E-state index in [2.05, 4.69) is 0 Å². The van der Waals surface area contributed by atoms with Crippen LogP contribution in [0, 0.1) is 11.3 Å². The molecule has 0 spiro atoms. The van der Waals surface area contributed by atoms with Crippen LogP contribution in [-0.4, -0.2) is 38.6 Å². The van der Waals surface area contributed by atoms with Crippen molar-refractivity contribution in [2.24, 2.45) is 11.3 Å². The SMILES string of the molecule is O=S1(=O)CC(C2(CO)CCOC2C2CC2)c2ccccc21. The zero-order valence-electron chi connectivity index (χ0n) is 11.9. The van der Waals surface area contributed by atoms with E-state index in [1.165, 1.54) is 0 Å². The lowest BCUT2D eigenvalue weighted by Gasteiger charge is -2.38. The molecule has 0 aromatic heterocycles. The van der Waals surface area contributed by atoms with Crippen LogP contribution in [0.5, 0.6) is 0 Å². The third-order valence-corrected chi connectivity index (χ3v) is 7.30. The third kappa shape index (κ3) is 1.91. The highest BCUT2D eigenvalue weighted by Crippen LogP contribution is 2.57. The van der Waals surface area contributed by atoms with Crippen LogP contribution in [0.3, 0.4) is 0 Å². The number of hydrogen-bond acceptors (Lipinski definition) is 4. The molecule has 1 saturated carbocycles. The Morgan fingerprint density at radius 3 is 2.76 bits per heavy atom. The van der Waals surface area contributed by atoms with Crippen molar-refractivity contribution in [2.75, 3.05) is 19.0 Å². The first-order chi connectivity index (χ1) is 10.1. The van der Waals surface area contributed by atoms with Crippen molar-refractivity contribution in [1.29, 1.82) is 0 Å². The van der Waals surface area contributed by atoms with Gasteiger partial charge in [0, 0.05) is 17.9 Å². The number of rotatable bonds is 3. The average molecular weight is 308 g/mol. The lowest BCUT2D eigenvalue weighted by atomic mass is 9.67. The quantitative estimate of drug-likeness (QED) is 0.924. The summed E-state index contributed by atoms with van der Waals surface area (Å²) < 4.78 is 30.8. The minimum Gasteiger partial charge on any atom is -0.396 e. The zero-order chi connectivity index (χ0) is 14.7. The highest BCUT2D eigenvalue weighted by Gasteiger charge is 2.58. The molecule has 3 unspecified atom stereocenters. The van der Waals surface area contributed by atoms with Crippen LogP contribution in [0.15, 0.2) is 29.2 Å². The van der Waals surface area contributed by atoms with Gasteiger partial charge < -0.3 is 9.84 Å². The van der Waals surface area contributed by atoms with Gasteiger partial charge in [-0.3, -0.25) is 0 Å². The normalized spacial score (nSPS) is 37.6. The third-order valence-electron chi connectivity index (χ3n) is 5.49. The standard InChI is InChI=1S/C16H20O4S/c17-10-16(7-8-20-15(16)11-5-6-11)13-9-21(18,19)14-4-2-1-3-12(13)14/h1-4,11,13,15,17H,5-10H2. The number of ether oxygens (including phenoxy) is 1. The van der Waals surface area contributed by atoms with Crippen molar-refractivity contribution in [1.82, 2.24) is 0 Å². The molecule has 0 radical (unpaired) electrons. The van der Waals surface area contributed by atoms with Crippen LogP contribution < -0.4 is 0 Å². The number of fused-ring (bicyclic) bond motifs is 1. The summed E-state index contributed by atoms with van der Waals surface area (Å²) in [5.74, 6) is 0.464. The van der Waals surface area contributed by atoms with Crippen molar-refractivity contribution in [3.63, 3.8) is 0 Å². The van der Waals surface area contributed by atoms with E-state index in [-0.39, 0.29) is 24.4 Å². The van der Waals surface area contributed by atoms with Crippen LogP contribution in [0.1, 0.15) is 30.7 Å². The van der Waals surface area contributed by atoms with E-state index in [0.29, 0.717) is 17.4 Å². The molecular formula is C16H20O4S. The first-order valence-corrected chi connectivity index (χ1v) is 9.28. The maximum atomic E-state index is 12.4. The Balaban J connectivity index is 1.82. The van der Waals surface area contributed by atoms with Gasteiger partial charge in [-0.25, -0.2) is 8.42 Å². The molecule has 4 nitrogen and oxygen atoms in total. The molecule has 5 heteroatoms. The fraction of sp³-hybridized carbons (Fsp3) is 0.625. The van der Waals surface area contributed by atoms with E-state index in [9.17, 15) is 13.5 Å². The molecule has 2 aliphatic heterocycles. The molecule has 1 N–H and O–H groups in total. The van der Waals surface area contributed by atoms with Gasteiger partial charge >= 0.3 is 0 Å². The second-order valence-corrected chi connectivity index (χ2v) is 8.64. The number of hydrogen-bond donors (Lipinski definition) is 1. The first-order valence-electron chi connectivity index (χ1n) is 7.63. The second kappa shape index (κ2) is 4.54. The minimum atomic E-state index is -3.24. The van der Waals surface area contributed by atoms with Gasteiger partial charge in [0.1, 0.15) is 0 Å². The molecule has 1 aliphatic carbocycles. The Morgan fingerprint density at radius 2 is 2.05 bits per heavy atom. The lowest BCUT2D eigenvalue weighted by molar-refractivity contribution is -0.0114. The molecule has 4 rings (SSSR count). The van der Waals surface area contributed by atoms with Crippen molar-refractivity contribution in [3.8, 4) is 0 Å². The van der Waals surface area contributed by atoms with E-state index in [1.54, 1.807) is 12.1 Å². The average Bonchev–Trinajstić information content (AvgIpc) is 3.17. The largest absolute Gasteiger partial charge is 0.396 e. The van der Waals surface area contributed by atoms with Crippen LogP contribution in [0.2, 0.25) is 0 Å². The summed E-state index contributed by atoms with van der Waals surface area (Å²) in [7, 11) is -3.24. The van der Waals surface area contributed by atoms with Crippen molar-refractivity contribution < 1.29 is 18.3 Å². The van der Waals surface area contributed by atoms with Gasteiger partial charge in [-0.15, -0.1) is 0 Å². The van der Waals surface area contributed by atoms with Gasteiger partial charge in [-0.2, -0.15) is 0 Å². The molecule has 2 heterocycles. The molecular weight excluding hydrogens is 288 g/mol. The van der Waals surface area contributed by atoms with Gasteiger partial charge in [-0.1, -0.05) is 18.2 Å².